The topological polar surface area (TPSA) is 64.3 Å². The van der Waals surface area contributed by atoms with Crippen molar-refractivity contribution in [1.29, 1.82) is 0 Å². The van der Waals surface area contributed by atoms with Gasteiger partial charge in [-0.25, -0.2) is 4.21 Å². The molecule has 1 atom stereocenters. The molecule has 0 spiro atoms. The standard InChI is InChI=1S/C12H20N2O2S.C2H6/c1-12(2,3)8-6-9(13)11(16-4)10(7-8)14-17(5)15;1-2/h6-7,14H,13H2,1-5H3;1-2H3. The molecule has 5 heteroatoms. The van der Waals surface area contributed by atoms with Gasteiger partial charge in [-0.3, -0.25) is 0 Å². The monoisotopic (exact) mass is 286 g/mol. The van der Waals surface area contributed by atoms with E-state index >= 15 is 0 Å². The van der Waals surface area contributed by atoms with Crippen LogP contribution in [0.15, 0.2) is 12.1 Å². The predicted octanol–water partition coefficient (Wildman–Crippen LogP) is 3.31. The van der Waals surface area contributed by atoms with Crippen LogP contribution in [-0.2, 0) is 16.4 Å². The first-order chi connectivity index (χ1) is 8.75. The molecule has 1 unspecified atom stereocenters. The van der Waals surface area contributed by atoms with Crippen LogP contribution in [0.2, 0.25) is 0 Å². The Labute approximate surface area is 119 Å². The number of nitrogen functional groups attached to an aromatic ring is 1. The van der Waals surface area contributed by atoms with Gasteiger partial charge in [0.1, 0.15) is 11.0 Å². The van der Waals surface area contributed by atoms with E-state index in [4.69, 9.17) is 10.5 Å². The Morgan fingerprint density at radius 3 is 2.16 bits per heavy atom. The summed E-state index contributed by atoms with van der Waals surface area (Å²) in [5.74, 6) is 0.535. The maximum atomic E-state index is 11.3. The Morgan fingerprint density at radius 1 is 1.26 bits per heavy atom. The summed E-state index contributed by atoms with van der Waals surface area (Å²) in [4.78, 5) is 0. The van der Waals surface area contributed by atoms with Gasteiger partial charge in [-0.1, -0.05) is 34.6 Å². The van der Waals surface area contributed by atoms with E-state index < -0.39 is 11.0 Å². The molecule has 0 heterocycles. The van der Waals surface area contributed by atoms with E-state index in [9.17, 15) is 4.21 Å². The normalized spacial score (nSPS) is 12.2. The highest BCUT2D eigenvalue weighted by Gasteiger charge is 2.18. The lowest BCUT2D eigenvalue weighted by Crippen LogP contribution is -2.13. The molecule has 0 aliphatic heterocycles. The quantitative estimate of drug-likeness (QED) is 0.838. The third-order valence-electron chi connectivity index (χ3n) is 2.44. The number of nitrogens with two attached hydrogens (primary N) is 1. The number of nitrogens with one attached hydrogen (secondary N) is 1. The summed E-state index contributed by atoms with van der Waals surface area (Å²) in [5, 5.41) is 0. The average Bonchev–Trinajstić information content (AvgIpc) is 2.29. The predicted molar refractivity (Wildman–Crippen MR) is 85.1 cm³/mol. The zero-order valence-electron chi connectivity index (χ0n) is 13.0. The average molecular weight is 286 g/mol. The smallest absolute Gasteiger partial charge is 0.165 e. The Morgan fingerprint density at radius 2 is 1.79 bits per heavy atom. The highest BCUT2D eigenvalue weighted by molar-refractivity contribution is 7.85. The number of rotatable bonds is 3. The Balaban J connectivity index is 0.00000154. The van der Waals surface area contributed by atoms with Crippen LogP contribution >= 0.6 is 0 Å². The van der Waals surface area contributed by atoms with Crippen LogP contribution < -0.4 is 15.2 Å². The van der Waals surface area contributed by atoms with Gasteiger partial charge in [0.05, 0.1) is 18.5 Å². The number of anilines is 2. The summed E-state index contributed by atoms with van der Waals surface area (Å²) in [6.45, 7) is 10.3. The second-order valence-electron chi connectivity index (χ2n) is 4.95. The van der Waals surface area contributed by atoms with Gasteiger partial charge in [0.2, 0.25) is 0 Å². The van der Waals surface area contributed by atoms with Gasteiger partial charge in [-0.05, 0) is 23.1 Å². The number of hydrogen-bond donors (Lipinski definition) is 2. The van der Waals surface area contributed by atoms with Crippen molar-refractivity contribution < 1.29 is 8.95 Å². The lowest BCUT2D eigenvalue weighted by Gasteiger charge is -2.22. The zero-order chi connectivity index (χ0) is 15.2. The molecule has 0 fully saturated rings. The van der Waals surface area contributed by atoms with Crippen molar-refractivity contribution in [3.8, 4) is 5.75 Å². The fraction of sp³-hybridized carbons (Fsp3) is 0.571. The summed E-state index contributed by atoms with van der Waals surface area (Å²) in [7, 11) is 0.391. The lowest BCUT2D eigenvalue weighted by molar-refractivity contribution is 0.418. The van der Waals surface area contributed by atoms with Crippen LogP contribution in [0, 0.1) is 0 Å². The molecule has 1 aromatic rings. The molecule has 4 nitrogen and oxygen atoms in total. The van der Waals surface area contributed by atoms with Crippen molar-refractivity contribution in [2.24, 2.45) is 0 Å². The van der Waals surface area contributed by atoms with Gasteiger partial charge in [0.25, 0.3) is 0 Å². The first kappa shape index (κ1) is 17.8. The van der Waals surface area contributed by atoms with Crippen LogP contribution in [0.25, 0.3) is 0 Å². The van der Waals surface area contributed by atoms with Crippen LogP contribution in [0.4, 0.5) is 11.4 Å². The molecule has 0 saturated heterocycles. The van der Waals surface area contributed by atoms with E-state index in [1.165, 1.54) is 0 Å². The number of methoxy groups -OCH3 is 1. The highest BCUT2D eigenvalue weighted by Crippen LogP contribution is 2.36. The molecule has 110 valence electrons. The molecule has 19 heavy (non-hydrogen) atoms. The second kappa shape index (κ2) is 7.38. The largest absolute Gasteiger partial charge is 0.492 e. The van der Waals surface area contributed by atoms with Gasteiger partial charge in [-0.15, -0.1) is 0 Å². The molecule has 0 aliphatic carbocycles. The maximum Gasteiger partial charge on any atom is 0.165 e. The zero-order valence-corrected chi connectivity index (χ0v) is 13.8. The molecule has 3 N–H and O–H groups in total. The van der Waals surface area contributed by atoms with Crippen molar-refractivity contribution in [2.75, 3.05) is 23.8 Å². The molecular formula is C14H26N2O2S. The van der Waals surface area contributed by atoms with Crippen LogP contribution in [-0.4, -0.2) is 17.6 Å². The minimum atomic E-state index is -1.16. The van der Waals surface area contributed by atoms with Crippen LogP contribution in [0.3, 0.4) is 0 Å². The SMILES string of the molecule is CC.COc1c(N)cc(C(C)(C)C)cc1NS(C)=O. The van der Waals surface area contributed by atoms with Gasteiger partial charge in [-0.2, -0.15) is 0 Å². The van der Waals surface area contributed by atoms with E-state index in [2.05, 4.69) is 25.5 Å². The molecule has 0 radical (unpaired) electrons. The molecule has 0 bridgehead atoms. The first-order valence-corrected chi connectivity index (χ1v) is 7.89. The summed E-state index contributed by atoms with van der Waals surface area (Å²) < 4.78 is 19.3. The van der Waals surface area contributed by atoms with E-state index in [0.29, 0.717) is 17.1 Å². The minimum Gasteiger partial charge on any atom is -0.492 e. The third kappa shape index (κ3) is 5.11. The second-order valence-corrected chi connectivity index (χ2v) is 6.06. The van der Waals surface area contributed by atoms with Crippen LogP contribution in [0.1, 0.15) is 40.2 Å². The minimum absolute atomic E-state index is 0.0218. The lowest BCUT2D eigenvalue weighted by atomic mass is 9.86. The van der Waals surface area contributed by atoms with Crippen molar-refractivity contribution >= 4 is 22.4 Å². The number of hydrogen-bond acceptors (Lipinski definition) is 3. The van der Waals surface area contributed by atoms with Crippen molar-refractivity contribution in [2.45, 2.75) is 40.0 Å². The Hall–Kier alpha value is -1.23. The molecule has 0 saturated carbocycles. The van der Waals surface area contributed by atoms with Crippen molar-refractivity contribution in [3.63, 3.8) is 0 Å². The van der Waals surface area contributed by atoms with Gasteiger partial charge >= 0.3 is 0 Å². The molecular weight excluding hydrogens is 260 g/mol. The summed E-state index contributed by atoms with van der Waals surface area (Å²) in [6.07, 6.45) is 1.57. The van der Waals surface area contributed by atoms with Crippen molar-refractivity contribution in [1.82, 2.24) is 0 Å². The summed E-state index contributed by atoms with van der Waals surface area (Å²) >= 11 is 0. The van der Waals surface area contributed by atoms with E-state index in [-0.39, 0.29) is 5.41 Å². The fourth-order valence-corrected chi connectivity index (χ4v) is 2.00. The van der Waals surface area contributed by atoms with E-state index in [0.717, 1.165) is 5.56 Å². The molecule has 0 aliphatic rings. The summed E-state index contributed by atoms with van der Waals surface area (Å²) in [5.41, 5.74) is 8.21. The Kier molecular flexibility index (Phi) is 6.90. The highest BCUT2D eigenvalue weighted by atomic mass is 32.2. The number of ether oxygens (including phenoxy) is 1. The van der Waals surface area contributed by atoms with Gasteiger partial charge in [0.15, 0.2) is 5.75 Å². The van der Waals surface area contributed by atoms with E-state index in [1.54, 1.807) is 13.4 Å². The molecule has 0 amide bonds. The van der Waals surface area contributed by atoms with E-state index in [1.807, 2.05) is 26.0 Å². The van der Waals surface area contributed by atoms with Crippen LogP contribution in [0.5, 0.6) is 5.75 Å². The van der Waals surface area contributed by atoms with Gasteiger partial charge in [0, 0.05) is 6.26 Å². The number of benzene rings is 1. The maximum absolute atomic E-state index is 11.3. The first-order valence-electron chi connectivity index (χ1n) is 6.33. The van der Waals surface area contributed by atoms with Crippen molar-refractivity contribution in [3.05, 3.63) is 17.7 Å². The molecule has 1 rings (SSSR count). The summed E-state index contributed by atoms with van der Waals surface area (Å²) in [6, 6.07) is 3.82. The molecule has 0 aromatic heterocycles. The molecule has 1 aromatic carbocycles. The Bertz CT molecular complexity index is 440. The fourth-order valence-electron chi connectivity index (χ4n) is 1.54. The van der Waals surface area contributed by atoms with Gasteiger partial charge < -0.3 is 15.2 Å². The third-order valence-corrected chi connectivity index (χ3v) is 2.95.